The van der Waals surface area contributed by atoms with Crippen molar-refractivity contribution < 1.29 is 9.42 Å². The quantitative estimate of drug-likeness (QED) is 0.337. The van der Waals surface area contributed by atoms with Gasteiger partial charge in [-0.2, -0.15) is 0 Å². The molecule has 0 aromatic carbocycles. The van der Waals surface area contributed by atoms with E-state index in [0.717, 1.165) is 17.7 Å². The van der Waals surface area contributed by atoms with Crippen LogP contribution in [0.15, 0.2) is 16.6 Å². The van der Waals surface area contributed by atoms with Crippen LogP contribution in [0.5, 0.6) is 0 Å². The fourth-order valence-corrected chi connectivity index (χ4v) is 3.84. The van der Waals surface area contributed by atoms with Crippen LogP contribution in [-0.4, -0.2) is 20.0 Å². The highest BCUT2D eigenvalue weighted by Gasteiger charge is 2.36. The molecule has 1 aromatic rings. The Kier molecular flexibility index (Phi) is 4.51. The number of nitrogens with zero attached hydrogens (tertiary/aromatic N) is 1. The molecule has 1 aromatic heterocycles. The van der Waals surface area contributed by atoms with Gasteiger partial charge in [-0.3, -0.25) is 0 Å². The van der Waals surface area contributed by atoms with Crippen molar-refractivity contribution in [3.63, 3.8) is 0 Å². The molecule has 0 bridgehead atoms. The van der Waals surface area contributed by atoms with Gasteiger partial charge in [0.05, 0.1) is 21.8 Å². The zero-order chi connectivity index (χ0) is 14.9. The average Bonchev–Trinajstić information content (AvgIpc) is 3.10. The van der Waals surface area contributed by atoms with Crippen molar-refractivity contribution >= 4 is 28.2 Å². The van der Waals surface area contributed by atoms with Gasteiger partial charge in [-0.05, 0) is 45.6 Å². The minimum Gasteiger partial charge on any atom is -0.409 e. The fraction of sp³-hybridized carbons (Fsp3) is 0.615. The Morgan fingerprint density at radius 1 is 1.60 bits per heavy atom. The van der Waals surface area contributed by atoms with Gasteiger partial charge in [0, 0.05) is 15.8 Å². The summed E-state index contributed by atoms with van der Waals surface area (Å²) < 4.78 is 15.2. The van der Waals surface area contributed by atoms with Gasteiger partial charge in [-0.25, -0.2) is 8.93 Å². The van der Waals surface area contributed by atoms with E-state index < -0.39 is 11.0 Å². The van der Waals surface area contributed by atoms with E-state index >= 15 is 0 Å². The molecular weight excluding hydrogens is 294 g/mol. The number of thiophene rings is 1. The maximum Gasteiger partial charge on any atom is 0.170 e. The molecule has 4 N–H and O–H groups in total. The van der Waals surface area contributed by atoms with Crippen LogP contribution in [0.4, 0.5) is 0 Å². The molecule has 1 fully saturated rings. The molecule has 0 aliphatic heterocycles. The summed E-state index contributed by atoms with van der Waals surface area (Å²) in [6.07, 6.45) is 2.30. The maximum absolute atomic E-state index is 12.3. The Bertz CT molecular complexity index is 530. The highest BCUT2D eigenvalue weighted by Crippen LogP contribution is 2.43. The first-order valence-electron chi connectivity index (χ1n) is 6.57. The lowest BCUT2D eigenvalue weighted by Crippen LogP contribution is -2.36. The van der Waals surface area contributed by atoms with E-state index in [1.165, 1.54) is 0 Å². The first kappa shape index (κ1) is 15.5. The Morgan fingerprint density at radius 2 is 2.25 bits per heavy atom. The second-order valence-corrected chi connectivity index (χ2v) is 8.98. The number of hydrogen-bond acceptors (Lipinski definition) is 4. The minimum absolute atomic E-state index is 0.0836. The summed E-state index contributed by atoms with van der Waals surface area (Å²) in [5.74, 6) is 0.638. The number of oxime groups is 1. The third kappa shape index (κ3) is 3.59. The standard InChI is InChI=1S/C13H21N3O2S2/c1-13(2,3)20(18)16-11(8-4-5-8)10-6-9(7-19-10)12(14)15-17/h6-8,11,16-17H,4-5H2,1-3H3,(H2,14,15)/t11-,20+/m1/s1. The SMILES string of the molecule is CC(C)(C)[S@](=O)N[C@@H](c1cc(/C(N)=N/O)cs1)C1CC1. The van der Waals surface area contributed by atoms with Gasteiger partial charge in [0.25, 0.3) is 0 Å². The summed E-state index contributed by atoms with van der Waals surface area (Å²) in [5.41, 5.74) is 6.31. The molecule has 1 aliphatic carbocycles. The summed E-state index contributed by atoms with van der Waals surface area (Å²) in [6, 6.07) is 2.00. The summed E-state index contributed by atoms with van der Waals surface area (Å²) in [6.45, 7) is 5.86. The number of hydrogen-bond donors (Lipinski definition) is 3. The third-order valence-corrected chi connectivity index (χ3v) is 5.81. The fourth-order valence-electron chi connectivity index (χ4n) is 1.82. The molecule has 2 rings (SSSR count). The molecule has 7 heteroatoms. The van der Waals surface area contributed by atoms with Crippen LogP contribution in [0.2, 0.25) is 0 Å². The number of rotatable bonds is 5. The lowest BCUT2D eigenvalue weighted by molar-refractivity contribution is 0.318. The zero-order valence-electron chi connectivity index (χ0n) is 11.9. The van der Waals surface area contributed by atoms with Crippen LogP contribution < -0.4 is 10.5 Å². The predicted octanol–water partition coefficient (Wildman–Crippen LogP) is 2.35. The van der Waals surface area contributed by atoms with Crippen LogP contribution in [0.3, 0.4) is 0 Å². The molecule has 0 saturated heterocycles. The summed E-state index contributed by atoms with van der Waals surface area (Å²) >= 11 is 1.55. The summed E-state index contributed by atoms with van der Waals surface area (Å²) in [5, 5.41) is 13.6. The first-order valence-corrected chi connectivity index (χ1v) is 8.60. The average molecular weight is 315 g/mol. The summed E-state index contributed by atoms with van der Waals surface area (Å²) in [7, 11) is -1.11. The Balaban J connectivity index is 2.17. The van der Waals surface area contributed by atoms with Gasteiger partial charge in [-0.15, -0.1) is 11.3 Å². The van der Waals surface area contributed by atoms with Gasteiger partial charge in [0.1, 0.15) is 0 Å². The largest absolute Gasteiger partial charge is 0.409 e. The van der Waals surface area contributed by atoms with Crippen molar-refractivity contribution in [2.24, 2.45) is 16.8 Å². The minimum atomic E-state index is -1.11. The lowest BCUT2D eigenvalue weighted by Gasteiger charge is -2.23. The Hall–Kier alpha value is -0.920. The highest BCUT2D eigenvalue weighted by atomic mass is 32.2. The van der Waals surface area contributed by atoms with Crippen molar-refractivity contribution in [1.82, 2.24) is 4.72 Å². The normalized spacial score (nSPS) is 19.9. The molecule has 1 aliphatic rings. The highest BCUT2D eigenvalue weighted by molar-refractivity contribution is 7.84. The Labute approximate surface area is 125 Å². The van der Waals surface area contributed by atoms with E-state index in [9.17, 15) is 4.21 Å². The van der Waals surface area contributed by atoms with Crippen LogP contribution in [-0.2, 0) is 11.0 Å². The van der Waals surface area contributed by atoms with Gasteiger partial charge in [-0.1, -0.05) is 5.16 Å². The van der Waals surface area contributed by atoms with Crippen molar-refractivity contribution in [1.29, 1.82) is 0 Å². The molecule has 20 heavy (non-hydrogen) atoms. The predicted molar refractivity (Wildman–Crippen MR) is 83.3 cm³/mol. The second-order valence-electron chi connectivity index (χ2n) is 6.04. The van der Waals surface area contributed by atoms with Crippen LogP contribution >= 0.6 is 11.3 Å². The van der Waals surface area contributed by atoms with E-state index in [2.05, 4.69) is 9.88 Å². The van der Waals surface area contributed by atoms with Gasteiger partial charge in [0.15, 0.2) is 5.84 Å². The molecule has 1 saturated carbocycles. The van der Waals surface area contributed by atoms with Crippen molar-refractivity contribution in [3.05, 3.63) is 21.9 Å². The molecule has 1 heterocycles. The van der Waals surface area contributed by atoms with E-state index in [4.69, 9.17) is 10.9 Å². The smallest absolute Gasteiger partial charge is 0.170 e. The zero-order valence-corrected chi connectivity index (χ0v) is 13.6. The van der Waals surface area contributed by atoms with E-state index in [-0.39, 0.29) is 16.6 Å². The Morgan fingerprint density at radius 3 is 2.75 bits per heavy atom. The monoisotopic (exact) mass is 315 g/mol. The van der Waals surface area contributed by atoms with Gasteiger partial charge in [0.2, 0.25) is 0 Å². The van der Waals surface area contributed by atoms with Crippen molar-refractivity contribution in [2.75, 3.05) is 0 Å². The molecule has 0 unspecified atom stereocenters. The number of nitrogens with one attached hydrogen (secondary N) is 1. The molecule has 0 spiro atoms. The van der Waals surface area contributed by atoms with Crippen LogP contribution in [0.25, 0.3) is 0 Å². The summed E-state index contributed by atoms with van der Waals surface area (Å²) in [4.78, 5) is 1.09. The van der Waals surface area contributed by atoms with E-state index in [1.54, 1.807) is 11.3 Å². The van der Waals surface area contributed by atoms with E-state index in [0.29, 0.717) is 11.5 Å². The second kappa shape index (κ2) is 5.83. The van der Waals surface area contributed by atoms with Crippen molar-refractivity contribution in [3.8, 4) is 0 Å². The van der Waals surface area contributed by atoms with Gasteiger partial charge >= 0.3 is 0 Å². The van der Waals surface area contributed by atoms with Crippen LogP contribution in [0, 0.1) is 5.92 Å². The number of amidine groups is 1. The van der Waals surface area contributed by atoms with Crippen LogP contribution in [0.1, 0.15) is 50.1 Å². The van der Waals surface area contributed by atoms with Crippen molar-refractivity contribution in [2.45, 2.75) is 44.4 Å². The molecule has 0 radical (unpaired) electrons. The molecule has 112 valence electrons. The topological polar surface area (TPSA) is 87.7 Å². The molecule has 0 amide bonds. The number of nitrogens with two attached hydrogens (primary N) is 1. The first-order chi connectivity index (χ1) is 9.32. The van der Waals surface area contributed by atoms with Gasteiger partial charge < -0.3 is 10.9 Å². The molecule has 5 nitrogen and oxygen atoms in total. The molecular formula is C13H21N3O2S2. The maximum atomic E-state index is 12.3. The lowest BCUT2D eigenvalue weighted by atomic mass is 10.1. The van der Waals surface area contributed by atoms with E-state index in [1.807, 2.05) is 32.2 Å². The molecule has 2 atom stereocenters. The third-order valence-electron chi connectivity index (χ3n) is 3.21.